The van der Waals surface area contributed by atoms with E-state index in [4.69, 9.17) is 0 Å². The lowest BCUT2D eigenvalue weighted by atomic mass is 10.1. The zero-order chi connectivity index (χ0) is 10.7. The summed E-state index contributed by atoms with van der Waals surface area (Å²) < 4.78 is 0. The van der Waals surface area contributed by atoms with Crippen LogP contribution in [0.1, 0.15) is 0 Å². The van der Waals surface area contributed by atoms with E-state index in [0.717, 1.165) is 10.8 Å². The zero-order valence-electron chi connectivity index (χ0n) is 8.32. The van der Waals surface area contributed by atoms with Crippen LogP contribution in [0.2, 0.25) is 0 Å². The summed E-state index contributed by atoms with van der Waals surface area (Å²) >= 11 is 0. The van der Waals surface area contributed by atoms with Gasteiger partial charge >= 0.3 is 6.03 Å². The summed E-state index contributed by atoms with van der Waals surface area (Å²) in [7, 11) is 1.57. The number of nitrogens with zero attached hydrogens (tertiary/aromatic N) is 1. The van der Waals surface area contributed by atoms with Gasteiger partial charge in [0.25, 0.3) is 0 Å². The minimum Gasteiger partial charge on any atom is -0.341 e. The molecule has 2 N–H and O–H groups in total. The van der Waals surface area contributed by atoms with Crippen molar-refractivity contribution >= 4 is 22.6 Å². The Labute approximate surface area is 87.3 Å². The molecule has 0 spiro atoms. The van der Waals surface area contributed by atoms with Gasteiger partial charge in [-0.2, -0.15) is 0 Å². The van der Waals surface area contributed by atoms with Gasteiger partial charge < -0.3 is 5.32 Å². The van der Waals surface area contributed by atoms with Crippen molar-refractivity contribution in [3.05, 3.63) is 36.5 Å². The van der Waals surface area contributed by atoms with E-state index in [9.17, 15) is 4.79 Å². The number of carbonyl (C=O) groups excluding carboxylic acids is 1. The number of nitrogens with one attached hydrogen (secondary N) is 2. The molecule has 0 radical (unpaired) electrons. The van der Waals surface area contributed by atoms with E-state index in [0.29, 0.717) is 5.82 Å². The van der Waals surface area contributed by atoms with Crippen molar-refractivity contribution in [2.24, 2.45) is 0 Å². The van der Waals surface area contributed by atoms with Crippen LogP contribution < -0.4 is 10.6 Å². The van der Waals surface area contributed by atoms with Gasteiger partial charge in [0.2, 0.25) is 0 Å². The van der Waals surface area contributed by atoms with E-state index in [2.05, 4.69) is 15.6 Å². The Kier molecular flexibility index (Phi) is 2.49. The maximum atomic E-state index is 11.2. The average molecular weight is 201 g/mol. The van der Waals surface area contributed by atoms with Gasteiger partial charge in [-0.25, -0.2) is 9.78 Å². The number of hydrogen-bond donors (Lipinski definition) is 2. The van der Waals surface area contributed by atoms with Crippen molar-refractivity contribution in [3.8, 4) is 0 Å². The first-order valence-electron chi connectivity index (χ1n) is 4.64. The molecule has 76 valence electrons. The largest absolute Gasteiger partial charge is 0.341 e. The second kappa shape index (κ2) is 3.96. The molecular formula is C11H11N3O. The number of aromatic nitrogens is 1. The van der Waals surface area contributed by atoms with Crippen LogP contribution in [0.5, 0.6) is 0 Å². The van der Waals surface area contributed by atoms with E-state index in [1.807, 2.05) is 30.3 Å². The molecule has 4 heteroatoms. The minimum atomic E-state index is -0.265. The quantitative estimate of drug-likeness (QED) is 0.741. The standard InChI is InChI=1S/C11H11N3O/c1-12-11(15)14-10-9-5-3-2-4-8(9)6-7-13-10/h2-7H,1H3,(H2,12,13,14,15). The molecular weight excluding hydrogens is 190 g/mol. The SMILES string of the molecule is CNC(=O)Nc1nccc2ccccc12. The summed E-state index contributed by atoms with van der Waals surface area (Å²) in [5.41, 5.74) is 0. The number of anilines is 1. The summed E-state index contributed by atoms with van der Waals surface area (Å²) in [6.45, 7) is 0. The highest BCUT2D eigenvalue weighted by atomic mass is 16.2. The Bertz CT molecular complexity index is 491. The summed E-state index contributed by atoms with van der Waals surface area (Å²) in [6.07, 6.45) is 1.67. The first-order chi connectivity index (χ1) is 7.31. The summed E-state index contributed by atoms with van der Waals surface area (Å²) in [5, 5.41) is 7.15. The molecule has 15 heavy (non-hydrogen) atoms. The number of carbonyl (C=O) groups is 1. The van der Waals surface area contributed by atoms with Crippen LogP contribution in [0.3, 0.4) is 0 Å². The van der Waals surface area contributed by atoms with Crippen molar-refractivity contribution in [3.63, 3.8) is 0 Å². The van der Waals surface area contributed by atoms with E-state index in [1.165, 1.54) is 0 Å². The van der Waals surface area contributed by atoms with Gasteiger partial charge in [0.1, 0.15) is 5.82 Å². The zero-order valence-corrected chi connectivity index (χ0v) is 8.32. The Morgan fingerprint density at radius 1 is 1.27 bits per heavy atom. The molecule has 0 fully saturated rings. The molecule has 0 bridgehead atoms. The predicted octanol–water partition coefficient (Wildman–Crippen LogP) is 1.99. The molecule has 0 unspecified atom stereocenters. The molecule has 2 amide bonds. The Balaban J connectivity index is 2.46. The Morgan fingerprint density at radius 2 is 2.07 bits per heavy atom. The van der Waals surface area contributed by atoms with Crippen LogP contribution in [0.25, 0.3) is 10.8 Å². The molecule has 2 aromatic rings. The third-order valence-electron chi connectivity index (χ3n) is 2.13. The fourth-order valence-electron chi connectivity index (χ4n) is 1.39. The third-order valence-corrected chi connectivity index (χ3v) is 2.13. The van der Waals surface area contributed by atoms with Crippen molar-refractivity contribution < 1.29 is 4.79 Å². The monoisotopic (exact) mass is 201 g/mol. The second-order valence-corrected chi connectivity index (χ2v) is 3.08. The molecule has 4 nitrogen and oxygen atoms in total. The summed E-state index contributed by atoms with van der Waals surface area (Å²) in [6, 6.07) is 9.41. The van der Waals surface area contributed by atoms with Crippen LogP contribution >= 0.6 is 0 Å². The normalized spacial score (nSPS) is 9.93. The van der Waals surface area contributed by atoms with E-state index >= 15 is 0 Å². The van der Waals surface area contributed by atoms with Gasteiger partial charge in [0.05, 0.1) is 0 Å². The molecule has 0 aliphatic heterocycles. The lowest BCUT2D eigenvalue weighted by molar-refractivity contribution is 0.254. The molecule has 0 aliphatic carbocycles. The fourth-order valence-corrected chi connectivity index (χ4v) is 1.39. The molecule has 1 aromatic carbocycles. The van der Waals surface area contributed by atoms with Crippen molar-refractivity contribution in [2.45, 2.75) is 0 Å². The summed E-state index contributed by atoms with van der Waals surface area (Å²) in [5.74, 6) is 0.576. The number of pyridine rings is 1. The van der Waals surface area contributed by atoms with Gasteiger partial charge in [0.15, 0.2) is 0 Å². The van der Waals surface area contributed by atoms with Crippen molar-refractivity contribution in [2.75, 3.05) is 12.4 Å². The van der Waals surface area contributed by atoms with Crippen molar-refractivity contribution in [1.82, 2.24) is 10.3 Å². The van der Waals surface area contributed by atoms with E-state index in [-0.39, 0.29) is 6.03 Å². The van der Waals surface area contributed by atoms with E-state index in [1.54, 1.807) is 13.2 Å². The first kappa shape index (κ1) is 9.45. The van der Waals surface area contributed by atoms with Crippen LogP contribution in [0.4, 0.5) is 10.6 Å². The minimum absolute atomic E-state index is 0.265. The average Bonchev–Trinajstić information content (AvgIpc) is 2.29. The number of hydrogen-bond acceptors (Lipinski definition) is 2. The number of amides is 2. The highest BCUT2D eigenvalue weighted by Crippen LogP contribution is 2.19. The smallest absolute Gasteiger partial charge is 0.320 e. The van der Waals surface area contributed by atoms with Crippen LogP contribution in [0, 0.1) is 0 Å². The lowest BCUT2D eigenvalue weighted by Crippen LogP contribution is -2.25. The molecule has 0 atom stereocenters. The second-order valence-electron chi connectivity index (χ2n) is 3.08. The van der Waals surface area contributed by atoms with Crippen LogP contribution in [-0.4, -0.2) is 18.1 Å². The van der Waals surface area contributed by atoms with Gasteiger partial charge in [-0.05, 0) is 11.5 Å². The van der Waals surface area contributed by atoms with Crippen LogP contribution in [-0.2, 0) is 0 Å². The third kappa shape index (κ3) is 1.88. The predicted molar refractivity (Wildman–Crippen MR) is 59.8 cm³/mol. The molecule has 1 heterocycles. The van der Waals surface area contributed by atoms with Gasteiger partial charge in [-0.3, -0.25) is 5.32 Å². The molecule has 2 rings (SSSR count). The lowest BCUT2D eigenvalue weighted by Gasteiger charge is -2.06. The van der Waals surface area contributed by atoms with Gasteiger partial charge in [-0.1, -0.05) is 24.3 Å². The van der Waals surface area contributed by atoms with Gasteiger partial charge in [0, 0.05) is 18.6 Å². The molecule has 0 saturated carbocycles. The molecule has 1 aromatic heterocycles. The molecule has 0 saturated heterocycles. The number of rotatable bonds is 1. The highest BCUT2D eigenvalue weighted by Gasteiger charge is 2.03. The molecule has 0 aliphatic rings. The number of benzene rings is 1. The summed E-state index contributed by atoms with van der Waals surface area (Å²) in [4.78, 5) is 15.3. The fraction of sp³-hybridized carbons (Fsp3) is 0.0909. The maximum absolute atomic E-state index is 11.2. The Hall–Kier alpha value is -2.10. The first-order valence-corrected chi connectivity index (χ1v) is 4.64. The van der Waals surface area contributed by atoms with E-state index < -0.39 is 0 Å². The van der Waals surface area contributed by atoms with Gasteiger partial charge in [-0.15, -0.1) is 0 Å². The van der Waals surface area contributed by atoms with Crippen LogP contribution in [0.15, 0.2) is 36.5 Å². The number of urea groups is 1. The Morgan fingerprint density at radius 3 is 2.87 bits per heavy atom. The maximum Gasteiger partial charge on any atom is 0.320 e. The topological polar surface area (TPSA) is 54.0 Å². The number of fused-ring (bicyclic) bond motifs is 1. The highest BCUT2D eigenvalue weighted by molar-refractivity contribution is 5.99. The van der Waals surface area contributed by atoms with Crippen molar-refractivity contribution in [1.29, 1.82) is 0 Å².